The topological polar surface area (TPSA) is 18.5 Å². The number of hydrogen-bond acceptors (Lipinski definition) is 2. The quantitative estimate of drug-likeness (QED) is 0.385. The van der Waals surface area contributed by atoms with Gasteiger partial charge in [0.15, 0.2) is 0 Å². The molecular formula is C32H54O2. The molecule has 3 unspecified atom stereocenters. The standard InChI is InChI=1S/C32H54O2/c1-2-33-28-31(18-9-10-19-31)23-24-32(28)20-11-12-26(32)13-25-34-27-29(14-5-3-6-15-29)21-22-30(27)16-7-4-8-17-30/h26-28H,2-25H2,1H3. The highest BCUT2D eigenvalue weighted by Gasteiger charge is 2.62. The zero-order valence-corrected chi connectivity index (χ0v) is 22.5. The maximum absolute atomic E-state index is 7.23. The van der Waals surface area contributed by atoms with Crippen LogP contribution in [0.2, 0.25) is 0 Å². The summed E-state index contributed by atoms with van der Waals surface area (Å²) in [6, 6.07) is 0. The fraction of sp³-hybridized carbons (Fsp3) is 1.00. The van der Waals surface area contributed by atoms with E-state index >= 15 is 0 Å². The second-order valence-corrected chi connectivity index (χ2v) is 14.1. The van der Waals surface area contributed by atoms with Gasteiger partial charge in [-0.05, 0) is 113 Å². The molecule has 0 aromatic rings. The third-order valence-electron chi connectivity index (χ3n) is 12.8. The van der Waals surface area contributed by atoms with Crippen LogP contribution in [0.3, 0.4) is 0 Å². The van der Waals surface area contributed by atoms with Gasteiger partial charge >= 0.3 is 0 Å². The molecule has 194 valence electrons. The Hall–Kier alpha value is -0.0800. The van der Waals surface area contributed by atoms with Crippen LogP contribution in [-0.2, 0) is 9.47 Å². The van der Waals surface area contributed by atoms with Crippen LogP contribution in [0.4, 0.5) is 0 Å². The maximum Gasteiger partial charge on any atom is 0.0689 e. The Kier molecular flexibility index (Phi) is 6.90. The van der Waals surface area contributed by atoms with Gasteiger partial charge in [-0.1, -0.05) is 57.8 Å². The molecule has 0 saturated heterocycles. The summed E-state index contributed by atoms with van der Waals surface area (Å²) in [5, 5.41) is 0. The first kappa shape index (κ1) is 24.3. The van der Waals surface area contributed by atoms with Crippen molar-refractivity contribution in [3.63, 3.8) is 0 Å². The van der Waals surface area contributed by atoms with Crippen LogP contribution in [0, 0.1) is 27.6 Å². The highest BCUT2D eigenvalue weighted by Crippen LogP contribution is 2.67. The second-order valence-electron chi connectivity index (χ2n) is 14.1. The summed E-state index contributed by atoms with van der Waals surface area (Å²) in [5.74, 6) is 0.843. The minimum atomic E-state index is 0.477. The van der Waals surface area contributed by atoms with Crippen LogP contribution in [-0.4, -0.2) is 25.4 Å². The molecule has 34 heavy (non-hydrogen) atoms. The molecule has 4 spiro atoms. The van der Waals surface area contributed by atoms with Crippen LogP contribution in [0.1, 0.15) is 148 Å². The van der Waals surface area contributed by atoms with Crippen molar-refractivity contribution >= 4 is 0 Å². The van der Waals surface area contributed by atoms with Gasteiger partial charge in [0.05, 0.1) is 12.2 Å². The third-order valence-corrected chi connectivity index (χ3v) is 12.8. The Morgan fingerprint density at radius 3 is 1.65 bits per heavy atom. The lowest BCUT2D eigenvalue weighted by Gasteiger charge is -2.47. The predicted octanol–water partition coefficient (Wildman–Crippen LogP) is 9.00. The van der Waals surface area contributed by atoms with Gasteiger partial charge in [0.2, 0.25) is 0 Å². The molecule has 0 bridgehead atoms. The van der Waals surface area contributed by atoms with E-state index < -0.39 is 0 Å². The smallest absolute Gasteiger partial charge is 0.0689 e. The van der Waals surface area contributed by atoms with E-state index in [2.05, 4.69) is 6.92 Å². The molecule has 6 rings (SSSR count). The molecule has 0 radical (unpaired) electrons. The van der Waals surface area contributed by atoms with Crippen molar-refractivity contribution in [1.82, 2.24) is 0 Å². The molecule has 0 N–H and O–H groups in total. The van der Waals surface area contributed by atoms with Crippen molar-refractivity contribution in [2.75, 3.05) is 13.2 Å². The first-order chi connectivity index (χ1) is 16.7. The Labute approximate surface area is 210 Å². The molecule has 2 heteroatoms. The summed E-state index contributed by atoms with van der Waals surface area (Å²) < 4.78 is 14.0. The zero-order valence-electron chi connectivity index (χ0n) is 22.5. The Morgan fingerprint density at radius 1 is 0.529 bits per heavy atom. The lowest BCUT2D eigenvalue weighted by Crippen LogP contribution is -2.46. The van der Waals surface area contributed by atoms with E-state index in [0.717, 1.165) is 19.1 Å². The van der Waals surface area contributed by atoms with Gasteiger partial charge in [-0.2, -0.15) is 0 Å². The van der Waals surface area contributed by atoms with Gasteiger partial charge in [-0.3, -0.25) is 0 Å². The Bertz CT molecular complexity index is 655. The van der Waals surface area contributed by atoms with E-state index in [0.29, 0.717) is 33.9 Å². The molecular weight excluding hydrogens is 416 g/mol. The van der Waals surface area contributed by atoms with Crippen molar-refractivity contribution in [1.29, 1.82) is 0 Å². The largest absolute Gasteiger partial charge is 0.377 e. The van der Waals surface area contributed by atoms with Gasteiger partial charge in [0.1, 0.15) is 0 Å². The van der Waals surface area contributed by atoms with Crippen LogP contribution < -0.4 is 0 Å². The average molecular weight is 471 g/mol. The molecule has 3 atom stereocenters. The van der Waals surface area contributed by atoms with Crippen LogP contribution in [0.15, 0.2) is 0 Å². The van der Waals surface area contributed by atoms with E-state index in [9.17, 15) is 0 Å². The fourth-order valence-corrected chi connectivity index (χ4v) is 11.4. The SMILES string of the molecule is CCOC1C2(CCCC2)CCC12CCCC2CCOC1C2(CCCCC2)CCC12CCCCC2. The van der Waals surface area contributed by atoms with E-state index in [1.165, 1.54) is 141 Å². The third kappa shape index (κ3) is 3.86. The average Bonchev–Trinajstić information content (AvgIpc) is 3.63. The zero-order chi connectivity index (χ0) is 23.1. The van der Waals surface area contributed by atoms with Gasteiger partial charge in [-0.25, -0.2) is 0 Å². The molecule has 0 aromatic carbocycles. The summed E-state index contributed by atoms with van der Waals surface area (Å²) in [6.07, 6.45) is 32.9. The fourth-order valence-electron chi connectivity index (χ4n) is 11.4. The molecule has 6 fully saturated rings. The minimum Gasteiger partial charge on any atom is -0.377 e. The lowest BCUT2D eigenvalue weighted by molar-refractivity contribution is -0.119. The van der Waals surface area contributed by atoms with Crippen LogP contribution >= 0.6 is 0 Å². The second kappa shape index (κ2) is 9.66. The van der Waals surface area contributed by atoms with Crippen LogP contribution in [0.25, 0.3) is 0 Å². The van der Waals surface area contributed by atoms with Crippen LogP contribution in [0.5, 0.6) is 0 Å². The van der Waals surface area contributed by atoms with Crippen molar-refractivity contribution in [3.8, 4) is 0 Å². The highest BCUT2D eigenvalue weighted by molar-refractivity contribution is 5.12. The summed E-state index contributed by atoms with van der Waals surface area (Å²) in [4.78, 5) is 0. The molecule has 2 nitrogen and oxygen atoms in total. The van der Waals surface area contributed by atoms with E-state index in [4.69, 9.17) is 9.47 Å². The molecule has 6 saturated carbocycles. The summed E-state index contributed by atoms with van der Waals surface area (Å²) in [6.45, 7) is 4.19. The summed E-state index contributed by atoms with van der Waals surface area (Å²) >= 11 is 0. The number of hydrogen-bond donors (Lipinski definition) is 0. The first-order valence-electron chi connectivity index (χ1n) is 15.9. The van der Waals surface area contributed by atoms with Gasteiger partial charge in [0, 0.05) is 18.6 Å². The Balaban J connectivity index is 1.16. The van der Waals surface area contributed by atoms with E-state index in [1.807, 2.05) is 0 Å². The molecule has 0 aliphatic heterocycles. The maximum atomic E-state index is 7.23. The molecule has 6 aliphatic carbocycles. The van der Waals surface area contributed by atoms with Crippen molar-refractivity contribution in [3.05, 3.63) is 0 Å². The number of rotatable bonds is 6. The van der Waals surface area contributed by atoms with Gasteiger partial charge in [-0.15, -0.1) is 0 Å². The molecule has 6 aliphatic rings. The van der Waals surface area contributed by atoms with Crippen molar-refractivity contribution < 1.29 is 9.47 Å². The molecule has 0 aromatic heterocycles. The molecule has 0 amide bonds. The minimum absolute atomic E-state index is 0.477. The number of ether oxygens (including phenoxy) is 2. The lowest BCUT2D eigenvalue weighted by atomic mass is 9.64. The predicted molar refractivity (Wildman–Crippen MR) is 140 cm³/mol. The normalized spacial score (nSPS) is 38.7. The van der Waals surface area contributed by atoms with Crippen molar-refractivity contribution in [2.45, 2.75) is 160 Å². The van der Waals surface area contributed by atoms with Crippen molar-refractivity contribution in [2.24, 2.45) is 27.6 Å². The highest BCUT2D eigenvalue weighted by atomic mass is 16.5. The summed E-state index contributed by atoms with van der Waals surface area (Å²) in [5.41, 5.74) is 2.09. The molecule has 0 heterocycles. The van der Waals surface area contributed by atoms with E-state index in [1.54, 1.807) is 0 Å². The first-order valence-corrected chi connectivity index (χ1v) is 15.9. The monoisotopic (exact) mass is 470 g/mol. The van der Waals surface area contributed by atoms with Gasteiger partial charge in [0.25, 0.3) is 0 Å². The van der Waals surface area contributed by atoms with Gasteiger partial charge < -0.3 is 9.47 Å². The Morgan fingerprint density at radius 2 is 1.06 bits per heavy atom. The summed E-state index contributed by atoms with van der Waals surface area (Å²) in [7, 11) is 0. The van der Waals surface area contributed by atoms with E-state index in [-0.39, 0.29) is 0 Å².